The Morgan fingerprint density at radius 2 is 1.93 bits per heavy atom. The first-order chi connectivity index (χ1) is 14.4. The molecule has 1 fully saturated rings. The number of amides is 1. The number of nitrogens with zero attached hydrogens (tertiary/aromatic N) is 1. The molecule has 1 saturated heterocycles. The molecule has 2 aromatic carbocycles. The molecule has 0 spiro atoms. The minimum Gasteiger partial charge on any atom is -0.349 e. The van der Waals surface area contributed by atoms with Crippen LogP contribution in [0.15, 0.2) is 48.5 Å². The molecule has 0 unspecified atom stereocenters. The van der Waals surface area contributed by atoms with Crippen molar-refractivity contribution in [1.82, 2.24) is 9.62 Å². The van der Waals surface area contributed by atoms with Gasteiger partial charge in [0.2, 0.25) is 15.9 Å². The van der Waals surface area contributed by atoms with Crippen LogP contribution in [0.3, 0.4) is 0 Å². The van der Waals surface area contributed by atoms with Crippen LogP contribution in [0, 0.1) is 5.92 Å². The van der Waals surface area contributed by atoms with Crippen molar-refractivity contribution in [2.24, 2.45) is 5.92 Å². The lowest BCUT2D eigenvalue weighted by Gasteiger charge is -2.33. The molecule has 4 rings (SSSR count). The highest BCUT2D eigenvalue weighted by Gasteiger charge is 2.33. The summed E-state index contributed by atoms with van der Waals surface area (Å²) >= 11 is 5.99. The number of piperidine rings is 1. The molecule has 1 heterocycles. The van der Waals surface area contributed by atoms with Crippen molar-refractivity contribution in [3.8, 4) is 0 Å². The fourth-order valence-corrected chi connectivity index (χ4v) is 6.34. The average molecular weight is 447 g/mol. The van der Waals surface area contributed by atoms with Crippen molar-refractivity contribution >= 4 is 27.5 Å². The normalized spacial score (nSPS) is 22.3. The lowest BCUT2D eigenvalue weighted by atomic mass is 9.87. The molecular formula is C23H27ClN2O3S. The van der Waals surface area contributed by atoms with E-state index in [-0.39, 0.29) is 30.2 Å². The molecule has 2 aromatic rings. The fourth-order valence-electron chi connectivity index (χ4n) is 4.53. The minimum atomic E-state index is -3.51. The molecule has 0 radical (unpaired) electrons. The molecule has 0 aromatic heterocycles. The third-order valence-electron chi connectivity index (χ3n) is 6.07. The molecule has 2 aliphatic rings. The van der Waals surface area contributed by atoms with Gasteiger partial charge in [0.15, 0.2) is 0 Å². The summed E-state index contributed by atoms with van der Waals surface area (Å²) in [6.45, 7) is 0.696. The van der Waals surface area contributed by atoms with Gasteiger partial charge in [-0.25, -0.2) is 12.7 Å². The van der Waals surface area contributed by atoms with Gasteiger partial charge in [0, 0.05) is 18.1 Å². The third kappa shape index (κ3) is 4.88. The zero-order chi connectivity index (χ0) is 21.1. The highest BCUT2D eigenvalue weighted by molar-refractivity contribution is 7.88. The van der Waals surface area contributed by atoms with E-state index in [0.717, 1.165) is 19.3 Å². The SMILES string of the molecule is O=C(N[C@@H]1CCCc2ccccc21)[C@H]1CCCN(S(=O)(=O)Cc2cccc(Cl)c2)C1. The maximum Gasteiger partial charge on any atom is 0.224 e. The van der Waals surface area contributed by atoms with E-state index in [4.69, 9.17) is 11.6 Å². The van der Waals surface area contributed by atoms with E-state index in [1.807, 2.05) is 12.1 Å². The summed E-state index contributed by atoms with van der Waals surface area (Å²) in [5.74, 6) is -0.459. The summed E-state index contributed by atoms with van der Waals surface area (Å²) in [5.41, 5.74) is 3.15. The van der Waals surface area contributed by atoms with Gasteiger partial charge >= 0.3 is 0 Å². The number of carbonyl (C=O) groups is 1. The Balaban J connectivity index is 1.42. The molecule has 0 bridgehead atoms. The lowest BCUT2D eigenvalue weighted by molar-refractivity contribution is -0.127. The zero-order valence-electron chi connectivity index (χ0n) is 16.9. The van der Waals surface area contributed by atoms with Gasteiger partial charge in [-0.2, -0.15) is 0 Å². The number of hydrogen-bond acceptors (Lipinski definition) is 3. The van der Waals surface area contributed by atoms with Crippen LogP contribution in [0.4, 0.5) is 0 Å². The number of hydrogen-bond donors (Lipinski definition) is 1. The van der Waals surface area contributed by atoms with Crippen LogP contribution in [-0.4, -0.2) is 31.7 Å². The van der Waals surface area contributed by atoms with Crippen LogP contribution >= 0.6 is 11.6 Å². The first-order valence-corrected chi connectivity index (χ1v) is 12.5. The first kappa shape index (κ1) is 21.3. The van der Waals surface area contributed by atoms with Crippen LogP contribution in [0.1, 0.15) is 48.4 Å². The number of rotatable bonds is 5. The summed E-state index contributed by atoms with van der Waals surface area (Å²) < 4.78 is 27.3. The average Bonchev–Trinajstić information content (AvgIpc) is 2.74. The highest BCUT2D eigenvalue weighted by atomic mass is 35.5. The van der Waals surface area contributed by atoms with E-state index >= 15 is 0 Å². The summed E-state index contributed by atoms with van der Waals surface area (Å²) in [6, 6.07) is 15.2. The van der Waals surface area contributed by atoms with E-state index in [0.29, 0.717) is 30.0 Å². The molecule has 1 N–H and O–H groups in total. The van der Waals surface area contributed by atoms with Crippen LogP contribution in [0.25, 0.3) is 0 Å². The van der Waals surface area contributed by atoms with Gasteiger partial charge in [-0.3, -0.25) is 4.79 Å². The number of aryl methyl sites for hydroxylation is 1. The molecular weight excluding hydrogens is 420 g/mol. The van der Waals surface area contributed by atoms with E-state index in [1.54, 1.807) is 24.3 Å². The van der Waals surface area contributed by atoms with Crippen molar-refractivity contribution < 1.29 is 13.2 Å². The Hall–Kier alpha value is -1.89. The van der Waals surface area contributed by atoms with Crippen molar-refractivity contribution in [3.63, 3.8) is 0 Å². The second kappa shape index (κ2) is 9.08. The van der Waals surface area contributed by atoms with Crippen LogP contribution in [0.2, 0.25) is 5.02 Å². The Morgan fingerprint density at radius 3 is 2.77 bits per heavy atom. The molecule has 7 heteroatoms. The molecule has 1 amide bonds. The van der Waals surface area contributed by atoms with Gasteiger partial charge in [-0.05, 0) is 60.9 Å². The Bertz CT molecular complexity index is 1020. The lowest BCUT2D eigenvalue weighted by Crippen LogP contribution is -2.46. The summed E-state index contributed by atoms with van der Waals surface area (Å²) in [5, 5.41) is 3.72. The van der Waals surface area contributed by atoms with Gasteiger partial charge in [-0.15, -0.1) is 0 Å². The standard InChI is InChI=1S/C23H27ClN2O3S/c24-20-10-3-6-17(14-20)16-30(28,29)26-13-5-9-19(15-26)23(27)25-22-12-4-8-18-7-1-2-11-21(18)22/h1-3,6-7,10-11,14,19,22H,4-5,8-9,12-13,15-16H2,(H,25,27)/t19-,22+/m0/s1. The predicted octanol–water partition coefficient (Wildman–Crippen LogP) is 4.08. The van der Waals surface area contributed by atoms with Crippen molar-refractivity contribution in [2.75, 3.05) is 13.1 Å². The number of fused-ring (bicyclic) bond motifs is 1. The van der Waals surface area contributed by atoms with Crippen molar-refractivity contribution in [2.45, 2.75) is 43.9 Å². The second-order valence-corrected chi connectivity index (χ2v) is 10.6. The summed E-state index contributed by atoms with van der Waals surface area (Å²) in [7, 11) is -3.51. The maximum absolute atomic E-state index is 13.0. The number of sulfonamides is 1. The Morgan fingerprint density at radius 1 is 1.10 bits per heavy atom. The van der Waals surface area contributed by atoms with Crippen molar-refractivity contribution in [1.29, 1.82) is 0 Å². The maximum atomic E-state index is 13.0. The minimum absolute atomic E-state index is 0.0147. The summed E-state index contributed by atoms with van der Waals surface area (Å²) in [6.07, 6.45) is 4.41. The van der Waals surface area contributed by atoms with E-state index in [1.165, 1.54) is 15.4 Å². The first-order valence-electron chi connectivity index (χ1n) is 10.5. The smallest absolute Gasteiger partial charge is 0.224 e. The summed E-state index contributed by atoms with van der Waals surface area (Å²) in [4.78, 5) is 13.0. The Labute approximate surface area is 183 Å². The van der Waals surface area contributed by atoms with Gasteiger partial charge < -0.3 is 5.32 Å². The molecule has 2 atom stereocenters. The van der Waals surface area contributed by atoms with Gasteiger partial charge in [0.25, 0.3) is 0 Å². The molecule has 160 valence electrons. The van der Waals surface area contributed by atoms with Gasteiger partial charge in [0.05, 0.1) is 17.7 Å². The zero-order valence-corrected chi connectivity index (χ0v) is 18.5. The number of benzene rings is 2. The van der Waals surface area contributed by atoms with Crippen LogP contribution < -0.4 is 5.32 Å². The topological polar surface area (TPSA) is 66.5 Å². The molecule has 1 aliphatic carbocycles. The quantitative estimate of drug-likeness (QED) is 0.752. The van der Waals surface area contributed by atoms with E-state index in [2.05, 4.69) is 17.4 Å². The van der Waals surface area contributed by atoms with E-state index in [9.17, 15) is 13.2 Å². The van der Waals surface area contributed by atoms with E-state index < -0.39 is 10.0 Å². The molecule has 1 aliphatic heterocycles. The third-order valence-corrected chi connectivity index (χ3v) is 8.12. The highest BCUT2D eigenvalue weighted by Crippen LogP contribution is 2.30. The van der Waals surface area contributed by atoms with Crippen molar-refractivity contribution in [3.05, 3.63) is 70.2 Å². The van der Waals surface area contributed by atoms with Gasteiger partial charge in [0.1, 0.15) is 0 Å². The van der Waals surface area contributed by atoms with Gasteiger partial charge in [-0.1, -0.05) is 48.0 Å². The molecule has 5 nitrogen and oxygen atoms in total. The number of halogens is 1. The fraction of sp³-hybridized carbons (Fsp3) is 0.435. The van der Waals surface area contributed by atoms with Crippen LogP contribution in [-0.2, 0) is 27.0 Å². The molecule has 0 saturated carbocycles. The number of carbonyl (C=O) groups excluding carboxylic acids is 1. The number of nitrogens with one attached hydrogen (secondary N) is 1. The van der Waals surface area contributed by atoms with Crippen LogP contribution in [0.5, 0.6) is 0 Å². The predicted molar refractivity (Wildman–Crippen MR) is 119 cm³/mol. The Kier molecular flexibility index (Phi) is 6.46. The second-order valence-electron chi connectivity index (χ2n) is 8.24. The largest absolute Gasteiger partial charge is 0.349 e. The monoisotopic (exact) mass is 446 g/mol. The molecule has 30 heavy (non-hydrogen) atoms.